The van der Waals surface area contributed by atoms with Crippen LogP contribution in [0.25, 0.3) is 22.8 Å². The van der Waals surface area contributed by atoms with Gasteiger partial charge in [-0.3, -0.25) is 24.0 Å². The van der Waals surface area contributed by atoms with Gasteiger partial charge in [-0.25, -0.2) is 19.4 Å². The summed E-state index contributed by atoms with van der Waals surface area (Å²) in [5.74, 6) is -9.18. The van der Waals surface area contributed by atoms with Gasteiger partial charge in [0.25, 0.3) is 12.4 Å². The third-order valence-electron chi connectivity index (χ3n) is 10.0. The van der Waals surface area contributed by atoms with Crippen molar-refractivity contribution in [3.05, 3.63) is 124 Å². The zero-order valence-electron chi connectivity index (χ0n) is 37.1. The van der Waals surface area contributed by atoms with Gasteiger partial charge in [0, 0.05) is 29.8 Å². The number of benzene rings is 3. The molecule has 348 valence electrons. The average molecular weight is 917 g/mol. The minimum atomic E-state index is -1.56. The fraction of sp³-hybridized carbons (Fsp3) is 0.229. The first kappa shape index (κ1) is 49.4. The van der Waals surface area contributed by atoms with Crippen LogP contribution in [0.2, 0.25) is 0 Å². The molecule has 1 aliphatic heterocycles. The van der Waals surface area contributed by atoms with Gasteiger partial charge in [0.05, 0.1) is 47.6 Å². The van der Waals surface area contributed by atoms with Crippen LogP contribution in [0.1, 0.15) is 77.0 Å². The Morgan fingerprint density at radius 1 is 0.806 bits per heavy atom. The van der Waals surface area contributed by atoms with E-state index < -0.39 is 76.0 Å². The number of aromatic carboxylic acids is 1. The van der Waals surface area contributed by atoms with E-state index in [4.69, 9.17) is 14.5 Å². The predicted octanol–water partition coefficient (Wildman–Crippen LogP) is 5.02. The van der Waals surface area contributed by atoms with Crippen LogP contribution in [-0.2, 0) is 33.4 Å². The quantitative estimate of drug-likeness (QED) is 0.0370. The number of H-pyrrole nitrogens is 1. The lowest BCUT2D eigenvalue weighted by molar-refractivity contribution is -0.137. The molecule has 0 aliphatic carbocycles. The fourth-order valence-electron chi connectivity index (χ4n) is 6.63. The average Bonchev–Trinajstić information content (AvgIpc) is 3.85. The Labute approximate surface area is 384 Å². The van der Waals surface area contributed by atoms with Gasteiger partial charge >= 0.3 is 17.9 Å². The Hall–Kier alpha value is -8.61. The van der Waals surface area contributed by atoms with Crippen LogP contribution in [0.15, 0.2) is 101 Å². The number of amides is 4. The largest absolute Gasteiger partial charge is 0.504 e. The Morgan fingerprint density at radius 2 is 1.39 bits per heavy atom. The first-order chi connectivity index (χ1) is 32.0. The van der Waals surface area contributed by atoms with Crippen LogP contribution in [0, 0.1) is 11.8 Å². The maximum atomic E-state index is 13.9. The zero-order chi connectivity index (χ0) is 48.9. The number of anilines is 1. The summed E-state index contributed by atoms with van der Waals surface area (Å²) >= 11 is 0. The molecule has 0 saturated heterocycles. The summed E-state index contributed by atoms with van der Waals surface area (Å²) in [5, 5.41) is 30.3. The van der Waals surface area contributed by atoms with E-state index in [2.05, 4.69) is 37.6 Å². The Kier molecular flexibility index (Phi) is 16.5. The van der Waals surface area contributed by atoms with Crippen LogP contribution < -0.4 is 26.0 Å². The molecule has 0 radical (unpaired) electrons. The minimum absolute atomic E-state index is 0.0172. The second-order valence-electron chi connectivity index (χ2n) is 14.9. The molecular weight excluding hydrogens is 869 g/mol. The fourth-order valence-corrected chi connectivity index (χ4v) is 6.63. The van der Waals surface area contributed by atoms with Crippen LogP contribution in [0.3, 0.4) is 0 Å². The summed E-state index contributed by atoms with van der Waals surface area (Å²) in [4.78, 5) is 111. The molecule has 2 heterocycles. The number of allylic oxidation sites excluding steroid dienone is 1. The van der Waals surface area contributed by atoms with E-state index in [1.165, 1.54) is 19.9 Å². The predicted molar refractivity (Wildman–Crippen MR) is 245 cm³/mol. The number of carbonyl (C=O) groups is 8. The lowest BCUT2D eigenvalue weighted by Crippen LogP contribution is -2.41. The second-order valence-corrected chi connectivity index (χ2v) is 14.9. The van der Waals surface area contributed by atoms with Gasteiger partial charge < -0.3 is 50.7 Å². The maximum Gasteiger partial charge on any atom is 0.342 e. The molecule has 0 fully saturated rings. The molecule has 4 amide bonds. The van der Waals surface area contributed by atoms with Gasteiger partial charge in [0.15, 0.2) is 11.5 Å². The van der Waals surface area contributed by atoms with Gasteiger partial charge in [0.2, 0.25) is 17.7 Å². The van der Waals surface area contributed by atoms with Gasteiger partial charge in [-0.05, 0) is 50.1 Å². The Bertz CT molecular complexity index is 2720. The normalized spacial score (nSPS) is 13.4. The number of aromatic hydroxyl groups is 1. The number of carboxylic acid groups (broad SMARTS) is 1. The highest BCUT2D eigenvalue weighted by atomic mass is 16.5. The summed E-state index contributed by atoms with van der Waals surface area (Å²) in [6.45, 7) is 10.9. The number of hydrogen-bond acceptors (Lipinski definition) is 13. The van der Waals surface area contributed by atoms with E-state index in [9.17, 15) is 48.6 Å². The number of phenols is 1. The van der Waals surface area contributed by atoms with Crippen molar-refractivity contribution >= 4 is 71.3 Å². The number of rotatable bonds is 19. The SMILES string of the molecule is C=C(C)C(=O)NCC(C)C(=O)NC1=N/C(=C\c2[nH]c(NC(=O)C(C)CNC(=O)c3cc(OC=O)c(O)cc3C(=O)O)c(C(=O)OCC)c2-c2ccccc2)C(c2ccccc2)=C1C(=O)OCC. The molecule has 67 heavy (non-hydrogen) atoms. The number of aromatic amines is 1. The molecule has 19 heteroatoms. The Morgan fingerprint density at radius 3 is 1.97 bits per heavy atom. The lowest BCUT2D eigenvalue weighted by atomic mass is 9.96. The first-order valence-electron chi connectivity index (χ1n) is 20.8. The van der Waals surface area contributed by atoms with Crippen molar-refractivity contribution in [1.29, 1.82) is 0 Å². The summed E-state index contributed by atoms with van der Waals surface area (Å²) in [5.41, 5.74) is 0.835. The molecule has 2 atom stereocenters. The molecule has 5 rings (SSSR count). The van der Waals surface area contributed by atoms with Crippen molar-refractivity contribution in [3.63, 3.8) is 0 Å². The van der Waals surface area contributed by atoms with Crippen molar-refractivity contribution in [2.75, 3.05) is 31.6 Å². The lowest BCUT2D eigenvalue weighted by Gasteiger charge is -2.15. The highest BCUT2D eigenvalue weighted by molar-refractivity contribution is 6.31. The van der Waals surface area contributed by atoms with E-state index in [0.717, 1.165) is 12.1 Å². The molecule has 0 saturated carbocycles. The number of aromatic nitrogens is 1. The topological polar surface area (TPSA) is 281 Å². The summed E-state index contributed by atoms with van der Waals surface area (Å²) in [6.07, 6.45) is 1.53. The number of esters is 2. The third-order valence-corrected chi connectivity index (χ3v) is 10.0. The van der Waals surface area contributed by atoms with Gasteiger partial charge in [-0.1, -0.05) is 81.1 Å². The number of carbonyl (C=O) groups excluding carboxylic acids is 7. The van der Waals surface area contributed by atoms with Crippen molar-refractivity contribution in [3.8, 4) is 22.6 Å². The second kappa shape index (κ2) is 22.3. The van der Waals surface area contributed by atoms with E-state index in [1.807, 2.05) is 0 Å². The summed E-state index contributed by atoms with van der Waals surface area (Å²) in [7, 11) is 0. The highest BCUT2D eigenvalue weighted by Gasteiger charge is 2.35. The van der Waals surface area contributed by atoms with E-state index in [0.29, 0.717) is 11.1 Å². The number of aliphatic imine (C=N–C) groups is 1. The van der Waals surface area contributed by atoms with Crippen LogP contribution >= 0.6 is 0 Å². The van der Waals surface area contributed by atoms with Crippen molar-refractivity contribution in [2.45, 2.75) is 34.6 Å². The summed E-state index contributed by atoms with van der Waals surface area (Å²) in [6, 6.07) is 18.9. The smallest absolute Gasteiger partial charge is 0.342 e. The molecule has 19 nitrogen and oxygen atoms in total. The molecule has 4 aromatic rings. The van der Waals surface area contributed by atoms with Crippen LogP contribution in [0.4, 0.5) is 5.82 Å². The summed E-state index contributed by atoms with van der Waals surface area (Å²) < 4.78 is 15.6. The molecule has 1 aliphatic rings. The van der Waals surface area contributed by atoms with Gasteiger partial charge in [-0.2, -0.15) is 0 Å². The molecular formula is C48H48N6O13. The van der Waals surface area contributed by atoms with Crippen LogP contribution in [0.5, 0.6) is 11.5 Å². The molecule has 0 spiro atoms. The van der Waals surface area contributed by atoms with Crippen molar-refractivity contribution < 1.29 is 62.8 Å². The maximum absolute atomic E-state index is 13.9. The number of nitrogens with one attached hydrogen (secondary N) is 5. The van der Waals surface area contributed by atoms with E-state index >= 15 is 0 Å². The number of ether oxygens (including phenoxy) is 3. The third kappa shape index (κ3) is 11.8. The van der Waals surface area contributed by atoms with E-state index in [1.54, 1.807) is 81.4 Å². The minimum Gasteiger partial charge on any atom is -0.504 e. The molecule has 2 unspecified atom stereocenters. The Balaban J connectivity index is 1.61. The van der Waals surface area contributed by atoms with Gasteiger partial charge in [-0.15, -0.1) is 0 Å². The zero-order valence-corrected chi connectivity index (χ0v) is 37.1. The van der Waals surface area contributed by atoms with Gasteiger partial charge in [0.1, 0.15) is 22.8 Å². The standard InChI is InChI=1S/C48H48N6O13/c1-7-65-47(63)38-36(28-15-11-9-12-16-28)32(51-40(38)53-43(58)26(5)22-49-42(57)25(3)4)21-33-37(29-17-13-10-14-18-29)39(48(64)66-8-2)41(52-33)54-44(59)27(6)23-50-45(60)30-20-35(67-24-55)34(56)19-31(30)46(61)62/h9-21,24,26-27,52,56H,3,7-8,22-23H2,1-2,4-6H3,(H,49,57)(H,50,60)(H,54,59)(H,61,62)(H,51,53,58)/b32-21-. The number of carboxylic acids is 1. The highest BCUT2D eigenvalue weighted by Crippen LogP contribution is 2.40. The number of nitrogens with zero attached hydrogens (tertiary/aromatic N) is 1. The monoisotopic (exact) mass is 916 g/mol. The number of phenolic OH excluding ortho intramolecular Hbond substituents is 1. The molecule has 1 aromatic heterocycles. The number of amidine groups is 1. The van der Waals surface area contributed by atoms with E-state index in [-0.39, 0.29) is 83.7 Å². The first-order valence-corrected chi connectivity index (χ1v) is 20.8. The molecule has 7 N–H and O–H groups in total. The van der Waals surface area contributed by atoms with Crippen LogP contribution in [-0.4, -0.2) is 95.3 Å². The number of hydrogen-bond donors (Lipinski definition) is 7. The van der Waals surface area contributed by atoms with Crippen molar-refractivity contribution in [2.24, 2.45) is 16.8 Å². The van der Waals surface area contributed by atoms with Crippen molar-refractivity contribution in [1.82, 2.24) is 20.9 Å². The molecule has 0 bridgehead atoms. The molecule has 3 aromatic carbocycles.